The van der Waals surface area contributed by atoms with E-state index in [4.69, 9.17) is 0 Å². The number of hydrogen-bond donors (Lipinski definition) is 0. The van der Waals surface area contributed by atoms with Crippen molar-refractivity contribution in [2.24, 2.45) is 0 Å². The first kappa shape index (κ1) is 12.6. The molecule has 0 aliphatic carbocycles. The lowest BCUT2D eigenvalue weighted by Crippen LogP contribution is -2.05. The maximum absolute atomic E-state index is 13.2. The second kappa shape index (κ2) is 6.16. The first-order chi connectivity index (χ1) is 7.65. The highest BCUT2D eigenvalue weighted by Crippen LogP contribution is 2.13. The van der Waals surface area contributed by atoms with Crippen LogP contribution in [0.4, 0.5) is 8.78 Å². The Morgan fingerprint density at radius 2 is 2.12 bits per heavy atom. The predicted molar refractivity (Wildman–Crippen MR) is 59.1 cm³/mol. The quantitative estimate of drug-likeness (QED) is 0.534. The number of hydrogen-bond acceptors (Lipinski definition) is 1. The number of unbranched alkanes of at least 4 members (excludes halogenated alkanes) is 1. The Balaban J connectivity index is 2.56. The molecule has 1 rings (SSSR count). The molecule has 3 heteroatoms. The summed E-state index contributed by atoms with van der Waals surface area (Å²) in [5, 5.41) is 0. The number of allylic oxidation sites excluding steroid dienone is 1. The molecule has 0 N–H and O–H groups in total. The normalized spacial score (nSPS) is 10.1. The summed E-state index contributed by atoms with van der Waals surface area (Å²) >= 11 is 0. The third-order valence-corrected chi connectivity index (χ3v) is 2.28. The molecule has 0 amide bonds. The molecular formula is C13H14F2O. The average Bonchev–Trinajstić information content (AvgIpc) is 2.25. The molecule has 0 saturated carbocycles. The summed E-state index contributed by atoms with van der Waals surface area (Å²) in [4.78, 5) is 11.4. The lowest BCUT2D eigenvalue weighted by molar-refractivity contribution is -0.118. The van der Waals surface area contributed by atoms with E-state index < -0.39 is 11.6 Å². The van der Waals surface area contributed by atoms with Gasteiger partial charge in [-0.05, 0) is 24.5 Å². The van der Waals surface area contributed by atoms with E-state index >= 15 is 0 Å². The maximum Gasteiger partial charge on any atom is 0.162 e. The van der Waals surface area contributed by atoms with Crippen molar-refractivity contribution in [1.29, 1.82) is 0 Å². The fraction of sp³-hybridized carbons (Fsp3) is 0.308. The monoisotopic (exact) mass is 224 g/mol. The zero-order valence-electron chi connectivity index (χ0n) is 9.01. The van der Waals surface area contributed by atoms with Gasteiger partial charge < -0.3 is 0 Å². The fourth-order valence-corrected chi connectivity index (χ4v) is 1.43. The van der Waals surface area contributed by atoms with Crippen LogP contribution in [-0.2, 0) is 11.2 Å². The second-order valence-electron chi connectivity index (χ2n) is 3.61. The molecule has 1 aromatic rings. The molecule has 86 valence electrons. The van der Waals surface area contributed by atoms with Crippen LogP contribution in [0.25, 0.3) is 0 Å². The SMILES string of the molecule is C=CCCCC(=O)Cc1cccc(F)c1F. The molecule has 0 atom stereocenters. The molecule has 16 heavy (non-hydrogen) atoms. The molecule has 0 heterocycles. The van der Waals surface area contributed by atoms with Crippen molar-refractivity contribution in [2.75, 3.05) is 0 Å². The third-order valence-electron chi connectivity index (χ3n) is 2.28. The van der Waals surface area contributed by atoms with E-state index in [1.165, 1.54) is 12.1 Å². The second-order valence-corrected chi connectivity index (χ2v) is 3.61. The van der Waals surface area contributed by atoms with E-state index in [1.54, 1.807) is 6.08 Å². The van der Waals surface area contributed by atoms with Gasteiger partial charge in [-0.3, -0.25) is 4.79 Å². The minimum atomic E-state index is -0.917. The summed E-state index contributed by atoms with van der Waals surface area (Å²) in [5.41, 5.74) is 0.128. The molecule has 0 aliphatic rings. The van der Waals surface area contributed by atoms with Gasteiger partial charge in [0.1, 0.15) is 5.78 Å². The molecule has 0 unspecified atom stereocenters. The highest BCUT2D eigenvalue weighted by Gasteiger charge is 2.10. The van der Waals surface area contributed by atoms with E-state index in [9.17, 15) is 13.6 Å². The van der Waals surface area contributed by atoms with E-state index in [0.29, 0.717) is 12.8 Å². The topological polar surface area (TPSA) is 17.1 Å². The Morgan fingerprint density at radius 3 is 2.81 bits per heavy atom. The van der Waals surface area contributed by atoms with Gasteiger partial charge >= 0.3 is 0 Å². The molecular weight excluding hydrogens is 210 g/mol. The van der Waals surface area contributed by atoms with Gasteiger partial charge in [0.2, 0.25) is 0 Å². The van der Waals surface area contributed by atoms with Crippen LogP contribution in [0.1, 0.15) is 24.8 Å². The number of carbonyl (C=O) groups is 1. The van der Waals surface area contributed by atoms with Crippen LogP contribution < -0.4 is 0 Å². The number of carbonyl (C=O) groups excluding carboxylic acids is 1. The van der Waals surface area contributed by atoms with E-state index in [2.05, 4.69) is 6.58 Å². The maximum atomic E-state index is 13.2. The van der Waals surface area contributed by atoms with Crippen LogP contribution in [0.2, 0.25) is 0 Å². The van der Waals surface area contributed by atoms with Gasteiger partial charge in [0.15, 0.2) is 11.6 Å². The Labute approximate surface area is 93.8 Å². The van der Waals surface area contributed by atoms with Crippen molar-refractivity contribution in [3.05, 3.63) is 48.1 Å². The lowest BCUT2D eigenvalue weighted by Gasteiger charge is -2.02. The molecule has 1 nitrogen and oxygen atoms in total. The van der Waals surface area contributed by atoms with Crippen molar-refractivity contribution in [1.82, 2.24) is 0 Å². The Bertz CT molecular complexity index is 386. The predicted octanol–water partition coefficient (Wildman–Crippen LogP) is 3.43. The number of Topliss-reactive ketones (excluding diaryl/α,β-unsaturated/α-hetero) is 1. The van der Waals surface area contributed by atoms with E-state index in [1.807, 2.05) is 0 Å². The standard InChI is InChI=1S/C13H14F2O/c1-2-3-4-7-11(16)9-10-6-5-8-12(14)13(10)15/h2,5-6,8H,1,3-4,7,9H2. The Morgan fingerprint density at radius 1 is 1.38 bits per heavy atom. The van der Waals surface area contributed by atoms with E-state index in [-0.39, 0.29) is 17.8 Å². The minimum absolute atomic E-state index is 0.0409. The highest BCUT2D eigenvalue weighted by atomic mass is 19.2. The van der Waals surface area contributed by atoms with Gasteiger partial charge in [0.25, 0.3) is 0 Å². The average molecular weight is 224 g/mol. The molecule has 1 aromatic carbocycles. The van der Waals surface area contributed by atoms with Crippen LogP contribution in [0.5, 0.6) is 0 Å². The summed E-state index contributed by atoms with van der Waals surface area (Å²) in [5.74, 6) is -1.90. The van der Waals surface area contributed by atoms with Gasteiger partial charge in [-0.2, -0.15) is 0 Å². The number of benzene rings is 1. The largest absolute Gasteiger partial charge is 0.299 e. The van der Waals surface area contributed by atoms with Gasteiger partial charge in [0.05, 0.1) is 0 Å². The molecule has 0 saturated heterocycles. The number of halogens is 2. The third kappa shape index (κ3) is 3.57. The van der Waals surface area contributed by atoms with Crippen LogP contribution in [0, 0.1) is 11.6 Å². The summed E-state index contributed by atoms with van der Waals surface area (Å²) in [6.07, 6.45) is 3.54. The first-order valence-electron chi connectivity index (χ1n) is 5.20. The smallest absolute Gasteiger partial charge is 0.162 e. The molecule has 0 spiro atoms. The zero-order chi connectivity index (χ0) is 12.0. The number of ketones is 1. The molecule has 0 aliphatic heterocycles. The zero-order valence-corrected chi connectivity index (χ0v) is 9.01. The van der Waals surface area contributed by atoms with Crippen molar-refractivity contribution in [3.63, 3.8) is 0 Å². The summed E-state index contributed by atoms with van der Waals surface area (Å²) in [6, 6.07) is 3.88. The van der Waals surface area contributed by atoms with Crippen molar-refractivity contribution in [3.8, 4) is 0 Å². The highest BCUT2D eigenvalue weighted by molar-refractivity contribution is 5.80. The number of rotatable bonds is 6. The lowest BCUT2D eigenvalue weighted by atomic mass is 10.0. The van der Waals surface area contributed by atoms with Crippen LogP contribution in [-0.4, -0.2) is 5.78 Å². The minimum Gasteiger partial charge on any atom is -0.299 e. The van der Waals surface area contributed by atoms with Crippen molar-refractivity contribution >= 4 is 5.78 Å². The van der Waals surface area contributed by atoms with Crippen LogP contribution in [0.3, 0.4) is 0 Å². The molecule has 0 aromatic heterocycles. The fourth-order valence-electron chi connectivity index (χ4n) is 1.43. The van der Waals surface area contributed by atoms with Crippen molar-refractivity contribution in [2.45, 2.75) is 25.7 Å². The van der Waals surface area contributed by atoms with Gasteiger partial charge in [-0.1, -0.05) is 18.2 Å². The first-order valence-corrected chi connectivity index (χ1v) is 5.20. The van der Waals surface area contributed by atoms with Crippen LogP contribution in [0.15, 0.2) is 30.9 Å². The molecule has 0 radical (unpaired) electrons. The summed E-state index contributed by atoms with van der Waals surface area (Å²) in [7, 11) is 0. The van der Waals surface area contributed by atoms with Gasteiger partial charge in [-0.25, -0.2) is 8.78 Å². The Kier molecular flexibility index (Phi) is 4.83. The van der Waals surface area contributed by atoms with Crippen molar-refractivity contribution < 1.29 is 13.6 Å². The summed E-state index contributed by atoms with van der Waals surface area (Å²) < 4.78 is 26.0. The Hall–Kier alpha value is -1.51. The van der Waals surface area contributed by atoms with Gasteiger partial charge in [0, 0.05) is 12.8 Å². The van der Waals surface area contributed by atoms with Gasteiger partial charge in [-0.15, -0.1) is 6.58 Å². The molecule has 0 bridgehead atoms. The van der Waals surface area contributed by atoms with E-state index in [0.717, 1.165) is 12.5 Å². The molecule has 0 fully saturated rings. The van der Waals surface area contributed by atoms with Crippen LogP contribution >= 0.6 is 0 Å². The summed E-state index contributed by atoms with van der Waals surface area (Å²) in [6.45, 7) is 3.55.